The molecule has 1 aliphatic carbocycles. The van der Waals surface area contributed by atoms with Crippen molar-refractivity contribution in [2.24, 2.45) is 11.3 Å². The number of rotatable bonds is 7. The molecule has 0 aliphatic heterocycles. The zero-order chi connectivity index (χ0) is 20.4. The largest absolute Gasteiger partial charge is 0.389 e. The minimum atomic E-state index is -0.328. The number of hydrogen-bond donors (Lipinski definition) is 1. The van der Waals surface area contributed by atoms with Crippen molar-refractivity contribution >= 4 is 6.29 Å². The molecule has 2 atom stereocenters. The van der Waals surface area contributed by atoms with Crippen LogP contribution in [0.4, 0.5) is 0 Å². The molecular formula is C25H34O2. The number of aldehydes is 1. The first-order valence-corrected chi connectivity index (χ1v) is 9.52. The summed E-state index contributed by atoms with van der Waals surface area (Å²) < 4.78 is 0. The second-order valence-corrected chi connectivity index (χ2v) is 8.10. The third-order valence-electron chi connectivity index (χ3n) is 4.81. The Balaban J connectivity index is 2.71. The highest BCUT2D eigenvalue weighted by atomic mass is 16.3. The SMILES string of the molecule is CC1=CC(O)CC(C)(C)C1C=C/C(C)=C/C=C/C(C)=C/C=C/C=C(\C)C=O. The van der Waals surface area contributed by atoms with Gasteiger partial charge < -0.3 is 5.11 Å². The first-order chi connectivity index (χ1) is 12.7. The van der Waals surface area contributed by atoms with Gasteiger partial charge in [-0.15, -0.1) is 0 Å². The summed E-state index contributed by atoms with van der Waals surface area (Å²) in [5.41, 5.74) is 4.33. The van der Waals surface area contributed by atoms with E-state index in [9.17, 15) is 9.90 Å². The Morgan fingerprint density at radius 2 is 1.56 bits per heavy atom. The highest BCUT2D eigenvalue weighted by molar-refractivity contribution is 5.72. The average Bonchev–Trinajstić information content (AvgIpc) is 2.56. The van der Waals surface area contributed by atoms with Crippen LogP contribution in [0.25, 0.3) is 0 Å². The molecule has 0 heterocycles. The third kappa shape index (κ3) is 8.36. The van der Waals surface area contributed by atoms with E-state index in [1.165, 1.54) is 11.1 Å². The number of allylic oxidation sites excluding steroid dienone is 13. The van der Waals surface area contributed by atoms with Crippen LogP contribution >= 0.6 is 0 Å². The van der Waals surface area contributed by atoms with Gasteiger partial charge in [-0.05, 0) is 45.1 Å². The predicted molar refractivity (Wildman–Crippen MR) is 116 cm³/mol. The summed E-state index contributed by atoms with van der Waals surface area (Å²) in [4.78, 5) is 10.5. The molecule has 0 amide bonds. The summed E-state index contributed by atoms with van der Waals surface area (Å²) >= 11 is 0. The molecule has 0 aromatic heterocycles. The molecule has 1 rings (SSSR count). The summed E-state index contributed by atoms with van der Waals surface area (Å²) in [5.74, 6) is 0.350. The van der Waals surface area contributed by atoms with Gasteiger partial charge in [-0.25, -0.2) is 0 Å². The van der Waals surface area contributed by atoms with Gasteiger partial charge in [0, 0.05) is 5.92 Å². The lowest BCUT2D eigenvalue weighted by molar-refractivity contribution is -0.104. The van der Waals surface area contributed by atoms with Crippen molar-refractivity contribution in [3.63, 3.8) is 0 Å². The fourth-order valence-corrected chi connectivity index (χ4v) is 3.33. The summed E-state index contributed by atoms with van der Waals surface area (Å²) in [6, 6.07) is 0. The van der Waals surface area contributed by atoms with Gasteiger partial charge in [0.05, 0.1) is 6.10 Å². The van der Waals surface area contributed by atoms with Gasteiger partial charge in [0.2, 0.25) is 0 Å². The van der Waals surface area contributed by atoms with Gasteiger partial charge in [-0.2, -0.15) is 0 Å². The first-order valence-electron chi connectivity index (χ1n) is 9.52. The summed E-state index contributed by atoms with van der Waals surface area (Å²) in [6.07, 6.45) is 21.5. The molecule has 0 bridgehead atoms. The lowest BCUT2D eigenvalue weighted by Crippen LogP contribution is -2.32. The van der Waals surface area contributed by atoms with Crippen LogP contribution in [0.15, 0.2) is 83.1 Å². The Kier molecular flexibility index (Phi) is 9.17. The molecule has 0 radical (unpaired) electrons. The molecule has 2 nitrogen and oxygen atoms in total. The van der Waals surface area contributed by atoms with E-state index in [0.29, 0.717) is 11.5 Å². The van der Waals surface area contributed by atoms with Gasteiger partial charge in [-0.3, -0.25) is 4.79 Å². The number of aliphatic hydroxyl groups is 1. The highest BCUT2D eigenvalue weighted by Crippen LogP contribution is 2.41. The maximum Gasteiger partial charge on any atom is 0.145 e. The van der Waals surface area contributed by atoms with E-state index < -0.39 is 0 Å². The number of carbonyl (C=O) groups is 1. The zero-order valence-electron chi connectivity index (χ0n) is 17.6. The van der Waals surface area contributed by atoms with Crippen LogP contribution in [0.3, 0.4) is 0 Å². The van der Waals surface area contributed by atoms with Gasteiger partial charge in [-0.1, -0.05) is 91.3 Å². The molecule has 0 aromatic carbocycles. The van der Waals surface area contributed by atoms with Crippen molar-refractivity contribution in [2.45, 2.75) is 54.1 Å². The topological polar surface area (TPSA) is 37.3 Å². The van der Waals surface area contributed by atoms with Crippen molar-refractivity contribution in [1.82, 2.24) is 0 Å². The van der Waals surface area contributed by atoms with E-state index in [-0.39, 0.29) is 11.5 Å². The molecule has 1 N–H and O–H groups in total. The van der Waals surface area contributed by atoms with Crippen molar-refractivity contribution < 1.29 is 9.90 Å². The Morgan fingerprint density at radius 3 is 2.15 bits per heavy atom. The van der Waals surface area contributed by atoms with Gasteiger partial charge in [0.25, 0.3) is 0 Å². The maximum absolute atomic E-state index is 10.5. The molecule has 2 heteroatoms. The van der Waals surface area contributed by atoms with E-state index in [4.69, 9.17) is 0 Å². The maximum atomic E-state index is 10.5. The third-order valence-corrected chi connectivity index (χ3v) is 4.81. The molecule has 0 saturated carbocycles. The van der Waals surface area contributed by atoms with Crippen molar-refractivity contribution in [1.29, 1.82) is 0 Å². The van der Waals surface area contributed by atoms with Gasteiger partial charge in [0.1, 0.15) is 6.29 Å². The minimum Gasteiger partial charge on any atom is -0.389 e. The van der Waals surface area contributed by atoms with Crippen LogP contribution in [0.1, 0.15) is 48.0 Å². The Labute approximate surface area is 165 Å². The molecule has 146 valence electrons. The first kappa shape index (κ1) is 22.9. The van der Waals surface area contributed by atoms with Crippen LogP contribution in [0.2, 0.25) is 0 Å². The lowest BCUT2D eigenvalue weighted by atomic mass is 9.67. The fourth-order valence-electron chi connectivity index (χ4n) is 3.33. The molecule has 27 heavy (non-hydrogen) atoms. The van der Waals surface area contributed by atoms with Crippen LogP contribution < -0.4 is 0 Å². The lowest BCUT2D eigenvalue weighted by Gasteiger charge is -2.38. The van der Waals surface area contributed by atoms with Crippen molar-refractivity contribution in [3.8, 4) is 0 Å². The molecule has 1 aliphatic rings. The van der Waals surface area contributed by atoms with E-state index in [1.54, 1.807) is 13.0 Å². The zero-order valence-corrected chi connectivity index (χ0v) is 17.6. The molecule has 0 spiro atoms. The molecule has 2 unspecified atom stereocenters. The van der Waals surface area contributed by atoms with E-state index in [1.807, 2.05) is 37.3 Å². The average molecular weight is 367 g/mol. The summed E-state index contributed by atoms with van der Waals surface area (Å²) in [5, 5.41) is 9.95. The standard InChI is InChI=1S/C25H34O2/c1-19(10-7-8-11-21(3)18-26)12-9-13-20(2)14-15-24-22(4)16-23(27)17-25(24,5)6/h7-16,18,23-24,27H,17H2,1-6H3/b8-7+,12-9+,15-14?,19-10+,20-13+,21-11+. The summed E-state index contributed by atoms with van der Waals surface area (Å²) in [6.45, 7) is 12.5. The van der Waals surface area contributed by atoms with Crippen molar-refractivity contribution in [2.75, 3.05) is 0 Å². The van der Waals surface area contributed by atoms with E-state index in [0.717, 1.165) is 18.3 Å². The van der Waals surface area contributed by atoms with Crippen LogP contribution in [0, 0.1) is 11.3 Å². The molecule has 0 saturated heterocycles. The smallest absolute Gasteiger partial charge is 0.145 e. The van der Waals surface area contributed by atoms with E-state index >= 15 is 0 Å². The Hall–Kier alpha value is -2.19. The summed E-state index contributed by atoms with van der Waals surface area (Å²) in [7, 11) is 0. The monoisotopic (exact) mass is 366 g/mol. The van der Waals surface area contributed by atoms with Gasteiger partial charge >= 0.3 is 0 Å². The second kappa shape index (κ2) is 10.8. The van der Waals surface area contributed by atoms with Crippen LogP contribution in [0.5, 0.6) is 0 Å². The Morgan fingerprint density at radius 1 is 1.00 bits per heavy atom. The molecule has 0 aromatic rings. The molecule has 0 fully saturated rings. The number of aliphatic hydroxyl groups excluding tert-OH is 1. The quantitative estimate of drug-likeness (QED) is 0.258. The second-order valence-electron chi connectivity index (χ2n) is 8.10. The normalized spacial score (nSPS) is 24.9. The minimum absolute atomic E-state index is 0.0627. The molecular weight excluding hydrogens is 332 g/mol. The predicted octanol–water partition coefficient (Wildman–Crippen LogP) is 6.05. The highest BCUT2D eigenvalue weighted by Gasteiger charge is 2.34. The Bertz CT molecular complexity index is 721. The van der Waals surface area contributed by atoms with E-state index in [2.05, 4.69) is 52.0 Å². The number of carbonyl (C=O) groups excluding carboxylic acids is 1. The van der Waals surface area contributed by atoms with Crippen LogP contribution in [-0.2, 0) is 4.79 Å². The fraction of sp³-hybridized carbons (Fsp3) is 0.400. The van der Waals surface area contributed by atoms with Gasteiger partial charge in [0.15, 0.2) is 0 Å². The van der Waals surface area contributed by atoms with Crippen LogP contribution in [-0.4, -0.2) is 17.5 Å². The number of hydrogen-bond acceptors (Lipinski definition) is 2. The van der Waals surface area contributed by atoms with Crippen molar-refractivity contribution in [3.05, 3.63) is 83.1 Å².